The van der Waals surface area contributed by atoms with E-state index in [4.69, 9.17) is 27.9 Å². The Labute approximate surface area is 314 Å². The third-order valence-electron chi connectivity index (χ3n) is 6.88. The van der Waals surface area contributed by atoms with Crippen LogP contribution >= 0.6 is 45.9 Å². The lowest BCUT2D eigenvalue weighted by Crippen LogP contribution is -2.18. The van der Waals surface area contributed by atoms with Gasteiger partial charge in [-0.3, -0.25) is 9.78 Å². The van der Waals surface area contributed by atoms with Gasteiger partial charge in [-0.1, -0.05) is 82.3 Å². The van der Waals surface area contributed by atoms with Crippen molar-refractivity contribution in [1.82, 2.24) is 20.3 Å². The van der Waals surface area contributed by atoms with Crippen LogP contribution in [-0.4, -0.2) is 33.4 Å². The van der Waals surface area contributed by atoms with Gasteiger partial charge in [-0.25, -0.2) is 14.8 Å². The van der Waals surface area contributed by atoms with Gasteiger partial charge in [0, 0.05) is 41.2 Å². The Balaban J connectivity index is 0.000000202. The van der Waals surface area contributed by atoms with E-state index in [0.717, 1.165) is 28.1 Å². The van der Waals surface area contributed by atoms with Gasteiger partial charge >= 0.3 is 12.1 Å². The number of halogens is 5. The van der Waals surface area contributed by atoms with Gasteiger partial charge in [-0.2, -0.15) is 13.2 Å². The summed E-state index contributed by atoms with van der Waals surface area (Å²) < 4.78 is 43.8. The number of esters is 1. The van der Waals surface area contributed by atoms with Gasteiger partial charge in [0.25, 0.3) is 0 Å². The van der Waals surface area contributed by atoms with E-state index < -0.39 is 17.7 Å². The minimum Gasteiger partial charge on any atom is -0.462 e. The maximum atomic E-state index is 12.9. The Hall–Kier alpha value is -5.02. The summed E-state index contributed by atoms with van der Waals surface area (Å²) >= 11 is 14.6. The molecule has 3 aromatic heterocycles. The summed E-state index contributed by atoms with van der Waals surface area (Å²) in [5, 5.41) is 10.8. The number of rotatable bonds is 10. The second-order valence-electron chi connectivity index (χ2n) is 10.7. The van der Waals surface area contributed by atoms with Crippen molar-refractivity contribution in [2.75, 3.05) is 17.2 Å². The molecule has 0 radical (unpaired) electrons. The number of pyridine rings is 1. The molecule has 16 heteroatoms. The van der Waals surface area contributed by atoms with Crippen LogP contribution in [0.1, 0.15) is 34.0 Å². The SMILES string of the molecule is CC(=O)NCc1sc(Nc2cccc(C(F)(F)F)c2)nc1-c1cccnc1.CCOC(=O)c1sc(Nc2ccc(Cl)cc2Cl)nc1-c1ccccc1. The highest BCUT2D eigenvalue weighted by Crippen LogP contribution is 2.37. The van der Waals surface area contributed by atoms with E-state index in [1.165, 1.54) is 41.7 Å². The molecule has 0 fully saturated rings. The van der Waals surface area contributed by atoms with Crippen LogP contribution in [0.5, 0.6) is 0 Å². The monoisotopic (exact) mass is 784 g/mol. The van der Waals surface area contributed by atoms with Crippen LogP contribution < -0.4 is 16.0 Å². The highest BCUT2D eigenvalue weighted by Gasteiger charge is 2.30. The molecule has 3 heterocycles. The Morgan fingerprint density at radius 1 is 0.846 bits per heavy atom. The Kier molecular flexibility index (Phi) is 12.8. The number of amides is 1. The number of ether oxygens (including phenoxy) is 1. The van der Waals surface area contributed by atoms with Crippen LogP contribution in [0.3, 0.4) is 0 Å². The number of benzene rings is 3. The molecule has 0 spiro atoms. The molecule has 6 rings (SSSR count). The maximum Gasteiger partial charge on any atom is 0.416 e. The van der Waals surface area contributed by atoms with Gasteiger partial charge in [-0.15, -0.1) is 0 Å². The van der Waals surface area contributed by atoms with Crippen LogP contribution in [0, 0.1) is 0 Å². The first kappa shape index (κ1) is 38.2. The molecule has 52 heavy (non-hydrogen) atoms. The number of anilines is 4. The molecular formula is C36H29Cl2F3N6O3S2. The van der Waals surface area contributed by atoms with E-state index in [2.05, 4.69) is 30.9 Å². The van der Waals surface area contributed by atoms with Gasteiger partial charge in [0.15, 0.2) is 10.3 Å². The third kappa shape index (κ3) is 10.3. The fourth-order valence-corrected chi connectivity index (χ4v) is 6.85. The second kappa shape index (κ2) is 17.5. The quantitative estimate of drug-likeness (QED) is 0.118. The van der Waals surface area contributed by atoms with Gasteiger partial charge in [-0.05, 0) is 55.5 Å². The number of alkyl halides is 3. The number of nitrogens with one attached hydrogen (secondary N) is 3. The zero-order valence-electron chi connectivity index (χ0n) is 27.4. The van der Waals surface area contributed by atoms with Crippen molar-refractivity contribution >= 4 is 79.4 Å². The minimum absolute atomic E-state index is 0.187. The fraction of sp³-hybridized carbons (Fsp3) is 0.139. The molecule has 0 unspecified atom stereocenters. The van der Waals surface area contributed by atoms with Crippen molar-refractivity contribution in [3.63, 3.8) is 0 Å². The fourth-order valence-electron chi connectivity index (χ4n) is 4.56. The Morgan fingerprint density at radius 3 is 2.25 bits per heavy atom. The molecular weight excluding hydrogens is 756 g/mol. The van der Waals surface area contributed by atoms with E-state index in [1.807, 2.05) is 36.4 Å². The minimum atomic E-state index is -4.42. The standard InChI is InChI=1S/C18H14Cl2N2O2S.C18H15F3N4OS/c1-2-24-17(23)16-15(11-6-4-3-5-7-11)22-18(25-16)21-14-9-8-12(19)10-13(14)20;1-11(26)23-10-15-16(12-4-3-7-22-9-12)25-17(27-15)24-14-6-2-5-13(8-14)18(19,20)21/h3-10H,2H2,1H3,(H,21,22);2-9H,10H2,1H3,(H,23,26)(H,24,25). The average molecular weight is 786 g/mol. The van der Waals surface area contributed by atoms with E-state index in [1.54, 1.807) is 43.6 Å². The highest BCUT2D eigenvalue weighted by molar-refractivity contribution is 7.18. The molecule has 9 nitrogen and oxygen atoms in total. The van der Waals surface area contributed by atoms with Crippen molar-refractivity contribution in [3.05, 3.63) is 123 Å². The summed E-state index contributed by atoms with van der Waals surface area (Å²) in [4.78, 5) is 37.8. The summed E-state index contributed by atoms with van der Waals surface area (Å²) in [5.41, 5.74) is 3.00. The topological polar surface area (TPSA) is 118 Å². The lowest BCUT2D eigenvalue weighted by Gasteiger charge is -2.08. The highest BCUT2D eigenvalue weighted by atomic mass is 35.5. The summed E-state index contributed by atoms with van der Waals surface area (Å²) in [6.07, 6.45) is -1.15. The van der Waals surface area contributed by atoms with Crippen molar-refractivity contribution in [2.24, 2.45) is 0 Å². The number of carbonyl (C=O) groups excluding carboxylic acids is 2. The summed E-state index contributed by atoms with van der Waals surface area (Å²) in [6, 6.07) is 23.1. The first-order chi connectivity index (χ1) is 24.9. The molecule has 0 aliphatic heterocycles. The first-order valence-corrected chi connectivity index (χ1v) is 17.8. The molecule has 6 aromatic rings. The molecule has 0 bridgehead atoms. The van der Waals surface area contributed by atoms with Crippen molar-refractivity contribution < 1.29 is 27.5 Å². The number of aromatic nitrogens is 3. The number of hydrogen-bond donors (Lipinski definition) is 3. The molecule has 1 amide bonds. The average Bonchev–Trinajstić information content (AvgIpc) is 3.74. The van der Waals surface area contributed by atoms with Crippen LogP contribution in [0.25, 0.3) is 22.5 Å². The molecule has 3 aromatic carbocycles. The molecule has 0 saturated carbocycles. The number of nitrogens with zero attached hydrogens (tertiary/aromatic N) is 3. The van der Waals surface area contributed by atoms with Crippen molar-refractivity contribution in [3.8, 4) is 22.5 Å². The van der Waals surface area contributed by atoms with Crippen LogP contribution in [0.2, 0.25) is 10.0 Å². The number of hydrogen-bond acceptors (Lipinski definition) is 10. The van der Waals surface area contributed by atoms with Gasteiger partial charge < -0.3 is 20.7 Å². The summed E-state index contributed by atoms with van der Waals surface area (Å²) in [7, 11) is 0. The summed E-state index contributed by atoms with van der Waals surface area (Å²) in [6.45, 7) is 3.75. The van der Waals surface area contributed by atoms with Crippen molar-refractivity contribution in [1.29, 1.82) is 0 Å². The molecule has 0 aliphatic carbocycles. The largest absolute Gasteiger partial charge is 0.462 e. The Bertz CT molecular complexity index is 2150. The molecule has 0 atom stereocenters. The van der Waals surface area contributed by atoms with Gasteiger partial charge in [0.2, 0.25) is 5.91 Å². The second-order valence-corrected chi connectivity index (χ2v) is 13.6. The normalized spacial score (nSPS) is 10.9. The first-order valence-electron chi connectivity index (χ1n) is 15.5. The smallest absolute Gasteiger partial charge is 0.416 e. The lowest BCUT2D eigenvalue weighted by molar-refractivity contribution is -0.137. The number of thiazole rings is 2. The van der Waals surface area contributed by atoms with Gasteiger partial charge in [0.05, 0.1) is 45.7 Å². The van der Waals surface area contributed by atoms with Gasteiger partial charge in [0.1, 0.15) is 4.88 Å². The summed E-state index contributed by atoms with van der Waals surface area (Å²) in [5.74, 6) is -0.581. The van der Waals surface area contributed by atoms with E-state index in [0.29, 0.717) is 48.9 Å². The third-order valence-corrected chi connectivity index (χ3v) is 9.35. The zero-order valence-corrected chi connectivity index (χ0v) is 30.6. The predicted molar refractivity (Wildman–Crippen MR) is 201 cm³/mol. The Morgan fingerprint density at radius 2 is 1.58 bits per heavy atom. The molecule has 0 saturated heterocycles. The number of carbonyl (C=O) groups is 2. The van der Waals surface area contributed by atoms with Crippen LogP contribution in [0.4, 0.5) is 34.8 Å². The zero-order chi connectivity index (χ0) is 37.3. The van der Waals surface area contributed by atoms with E-state index in [-0.39, 0.29) is 18.1 Å². The molecule has 268 valence electrons. The van der Waals surface area contributed by atoms with Crippen LogP contribution in [0.15, 0.2) is 97.3 Å². The van der Waals surface area contributed by atoms with Crippen molar-refractivity contribution in [2.45, 2.75) is 26.6 Å². The predicted octanol–water partition coefficient (Wildman–Crippen LogP) is 10.6. The lowest BCUT2D eigenvalue weighted by atomic mass is 10.1. The van der Waals surface area contributed by atoms with Crippen LogP contribution in [-0.2, 0) is 22.3 Å². The maximum absolute atomic E-state index is 12.9. The van der Waals surface area contributed by atoms with E-state index in [9.17, 15) is 22.8 Å². The molecule has 3 N–H and O–H groups in total. The molecule has 0 aliphatic rings. The van der Waals surface area contributed by atoms with E-state index >= 15 is 0 Å².